The van der Waals surface area contributed by atoms with Gasteiger partial charge < -0.3 is 0 Å². The molecular formula is C9H16F3O4P. The van der Waals surface area contributed by atoms with E-state index in [2.05, 4.69) is 4.52 Å². The number of phosphoric ester groups is 1. The Morgan fingerprint density at radius 2 is 1.47 bits per heavy atom. The molecule has 0 radical (unpaired) electrons. The second-order valence-corrected chi connectivity index (χ2v) is 5.44. The average Bonchev–Trinajstić information content (AvgIpc) is 2.24. The van der Waals surface area contributed by atoms with Crippen molar-refractivity contribution in [1.29, 1.82) is 0 Å². The van der Waals surface area contributed by atoms with Crippen molar-refractivity contribution >= 4 is 7.82 Å². The van der Waals surface area contributed by atoms with E-state index in [-0.39, 0.29) is 13.2 Å². The third kappa shape index (κ3) is 7.03. The molecular weight excluding hydrogens is 260 g/mol. The van der Waals surface area contributed by atoms with E-state index >= 15 is 0 Å². The number of halogens is 3. The Bertz CT molecular complexity index is 255. The van der Waals surface area contributed by atoms with E-state index in [0.717, 1.165) is 19.3 Å². The zero-order valence-electron chi connectivity index (χ0n) is 9.37. The SMILES string of the molecule is O=P1(OCC(F)(F)F)OCCCCCCCO1. The predicted molar refractivity (Wildman–Crippen MR) is 54.6 cm³/mol. The first-order valence-corrected chi connectivity index (χ1v) is 6.98. The minimum absolute atomic E-state index is 0.0924. The molecule has 0 aromatic carbocycles. The zero-order chi connectivity index (χ0) is 12.8. The Morgan fingerprint density at radius 1 is 1.00 bits per heavy atom. The van der Waals surface area contributed by atoms with E-state index in [1.165, 1.54) is 0 Å². The van der Waals surface area contributed by atoms with Gasteiger partial charge in [0.15, 0.2) is 6.61 Å². The molecule has 0 aromatic heterocycles. The lowest BCUT2D eigenvalue weighted by Crippen LogP contribution is -2.17. The van der Waals surface area contributed by atoms with E-state index in [1.54, 1.807) is 0 Å². The molecule has 1 aliphatic heterocycles. The van der Waals surface area contributed by atoms with Crippen LogP contribution in [0.5, 0.6) is 0 Å². The molecule has 0 spiro atoms. The van der Waals surface area contributed by atoms with Gasteiger partial charge in [0, 0.05) is 0 Å². The van der Waals surface area contributed by atoms with E-state index in [0.29, 0.717) is 12.8 Å². The van der Waals surface area contributed by atoms with Gasteiger partial charge in [-0.1, -0.05) is 19.3 Å². The summed E-state index contributed by atoms with van der Waals surface area (Å²) in [5.74, 6) is 0. The van der Waals surface area contributed by atoms with Crippen LogP contribution in [0.15, 0.2) is 0 Å². The molecule has 17 heavy (non-hydrogen) atoms. The van der Waals surface area contributed by atoms with Crippen molar-refractivity contribution in [2.24, 2.45) is 0 Å². The highest BCUT2D eigenvalue weighted by Gasteiger charge is 2.35. The van der Waals surface area contributed by atoms with Gasteiger partial charge in [0.05, 0.1) is 13.2 Å². The van der Waals surface area contributed by atoms with Crippen molar-refractivity contribution in [3.63, 3.8) is 0 Å². The molecule has 1 fully saturated rings. The van der Waals surface area contributed by atoms with Crippen molar-refractivity contribution in [2.45, 2.75) is 38.3 Å². The lowest BCUT2D eigenvalue weighted by atomic mass is 10.1. The molecule has 0 bridgehead atoms. The Balaban J connectivity index is 2.46. The maximum atomic E-state index is 12.0. The number of hydrogen-bond donors (Lipinski definition) is 0. The summed E-state index contributed by atoms with van der Waals surface area (Å²) in [5, 5.41) is 0. The lowest BCUT2D eigenvalue weighted by molar-refractivity contribution is -0.158. The fourth-order valence-electron chi connectivity index (χ4n) is 1.35. The van der Waals surface area contributed by atoms with Crippen LogP contribution >= 0.6 is 7.82 Å². The standard InChI is InChI=1S/C9H16F3O4P/c10-9(11,12)8-16-17(13)14-6-4-2-1-3-5-7-15-17/h1-8H2. The molecule has 8 heteroatoms. The van der Waals surface area contributed by atoms with Crippen LogP contribution in [-0.2, 0) is 18.1 Å². The fourth-order valence-corrected chi connectivity index (χ4v) is 2.58. The van der Waals surface area contributed by atoms with Crippen LogP contribution in [0.25, 0.3) is 0 Å². The van der Waals surface area contributed by atoms with Gasteiger partial charge in [-0.2, -0.15) is 13.2 Å². The summed E-state index contributed by atoms with van der Waals surface area (Å²) >= 11 is 0. The normalized spacial score (nSPS) is 23.2. The molecule has 1 saturated heterocycles. The van der Waals surface area contributed by atoms with Gasteiger partial charge in [-0.25, -0.2) is 4.57 Å². The molecule has 1 aliphatic rings. The summed E-state index contributed by atoms with van der Waals surface area (Å²) in [6.07, 6.45) is -0.441. The topological polar surface area (TPSA) is 44.8 Å². The smallest absolute Gasteiger partial charge is 0.287 e. The monoisotopic (exact) mass is 276 g/mol. The second kappa shape index (κ2) is 6.73. The Hall–Kier alpha value is -0.100. The third-order valence-corrected chi connectivity index (χ3v) is 3.62. The van der Waals surface area contributed by atoms with Gasteiger partial charge >= 0.3 is 14.0 Å². The molecule has 1 rings (SSSR count). The average molecular weight is 276 g/mol. The Kier molecular flexibility index (Phi) is 5.92. The van der Waals surface area contributed by atoms with E-state index < -0.39 is 20.6 Å². The highest BCUT2D eigenvalue weighted by molar-refractivity contribution is 7.48. The molecule has 0 saturated carbocycles. The van der Waals surface area contributed by atoms with E-state index in [9.17, 15) is 17.7 Å². The van der Waals surface area contributed by atoms with E-state index in [1.807, 2.05) is 0 Å². The van der Waals surface area contributed by atoms with Crippen molar-refractivity contribution in [3.05, 3.63) is 0 Å². The maximum Gasteiger partial charge on any atom is 0.475 e. The first kappa shape index (κ1) is 15.0. The van der Waals surface area contributed by atoms with Crippen LogP contribution in [0, 0.1) is 0 Å². The molecule has 4 nitrogen and oxygen atoms in total. The summed E-state index contributed by atoms with van der Waals surface area (Å²) in [6, 6.07) is 0. The van der Waals surface area contributed by atoms with Gasteiger partial charge in [0.25, 0.3) is 0 Å². The molecule has 1 heterocycles. The van der Waals surface area contributed by atoms with Crippen LogP contribution in [0.1, 0.15) is 32.1 Å². The number of phosphoric acid groups is 1. The largest absolute Gasteiger partial charge is 0.475 e. The lowest BCUT2D eigenvalue weighted by Gasteiger charge is -2.19. The van der Waals surface area contributed by atoms with E-state index in [4.69, 9.17) is 9.05 Å². The van der Waals surface area contributed by atoms with Crippen LogP contribution in [-0.4, -0.2) is 26.0 Å². The highest BCUT2D eigenvalue weighted by Crippen LogP contribution is 2.50. The predicted octanol–water partition coefficient (Wildman–Crippen LogP) is 3.67. The third-order valence-electron chi connectivity index (χ3n) is 2.17. The van der Waals surface area contributed by atoms with Crippen molar-refractivity contribution in [3.8, 4) is 0 Å². The number of rotatable bonds is 2. The molecule has 0 aliphatic carbocycles. The summed E-state index contributed by atoms with van der Waals surface area (Å²) in [5.41, 5.74) is 0. The van der Waals surface area contributed by atoms with Crippen LogP contribution in [0.3, 0.4) is 0 Å². The minimum atomic E-state index is -4.54. The molecule has 0 amide bonds. The summed E-state index contributed by atoms with van der Waals surface area (Å²) in [7, 11) is -4.05. The highest BCUT2D eigenvalue weighted by atomic mass is 31.2. The quantitative estimate of drug-likeness (QED) is 0.722. The van der Waals surface area contributed by atoms with Gasteiger partial charge in [-0.3, -0.25) is 13.6 Å². The first-order chi connectivity index (χ1) is 7.91. The van der Waals surface area contributed by atoms with Gasteiger partial charge in [-0.05, 0) is 12.8 Å². The molecule has 0 aromatic rings. The molecule has 102 valence electrons. The van der Waals surface area contributed by atoms with Crippen molar-refractivity contribution in [2.75, 3.05) is 19.8 Å². The maximum absolute atomic E-state index is 12.0. The summed E-state index contributed by atoms with van der Waals surface area (Å²) in [6.45, 7) is -1.44. The molecule has 0 N–H and O–H groups in total. The van der Waals surface area contributed by atoms with Gasteiger partial charge in [-0.15, -0.1) is 0 Å². The van der Waals surface area contributed by atoms with Crippen LogP contribution < -0.4 is 0 Å². The zero-order valence-corrected chi connectivity index (χ0v) is 10.3. The van der Waals surface area contributed by atoms with Crippen LogP contribution in [0.4, 0.5) is 13.2 Å². The van der Waals surface area contributed by atoms with Crippen LogP contribution in [0.2, 0.25) is 0 Å². The summed E-state index contributed by atoms with van der Waals surface area (Å²) in [4.78, 5) is 0. The molecule has 0 unspecified atom stereocenters. The molecule has 0 atom stereocenters. The number of hydrogen-bond acceptors (Lipinski definition) is 4. The van der Waals surface area contributed by atoms with Gasteiger partial charge in [0.2, 0.25) is 0 Å². The number of alkyl halides is 3. The minimum Gasteiger partial charge on any atom is -0.287 e. The second-order valence-electron chi connectivity index (χ2n) is 3.77. The summed E-state index contributed by atoms with van der Waals surface area (Å²) < 4.78 is 61.5. The van der Waals surface area contributed by atoms with Crippen molar-refractivity contribution in [1.82, 2.24) is 0 Å². The van der Waals surface area contributed by atoms with Gasteiger partial charge in [0.1, 0.15) is 0 Å². The Labute approximate surface area is 98.0 Å². The first-order valence-electron chi connectivity index (χ1n) is 5.52. The fraction of sp³-hybridized carbons (Fsp3) is 1.00. The Morgan fingerprint density at radius 3 is 1.94 bits per heavy atom. The van der Waals surface area contributed by atoms with Crippen molar-refractivity contribution < 1.29 is 31.3 Å².